The van der Waals surface area contributed by atoms with E-state index in [1.807, 2.05) is 24.3 Å². The number of hydrogen-bond acceptors (Lipinski definition) is 3. The molecule has 1 heterocycles. The Bertz CT molecular complexity index is 461. The van der Waals surface area contributed by atoms with E-state index in [1.54, 1.807) is 0 Å². The van der Waals surface area contributed by atoms with Crippen LogP contribution in [0.5, 0.6) is 0 Å². The molecular weight excluding hydrogens is 324 g/mol. The molecule has 3 N–H and O–H groups in total. The highest BCUT2D eigenvalue weighted by Gasteiger charge is 2.29. The van der Waals surface area contributed by atoms with Crippen LogP contribution in [-0.2, 0) is 11.3 Å². The molecule has 1 aliphatic rings. The van der Waals surface area contributed by atoms with Crippen LogP contribution in [0.4, 0.5) is 4.79 Å². The van der Waals surface area contributed by atoms with Gasteiger partial charge in [0.1, 0.15) is 0 Å². The largest absolute Gasteiger partial charge is 0.388 e. The van der Waals surface area contributed by atoms with Crippen LogP contribution in [0.3, 0.4) is 0 Å². The van der Waals surface area contributed by atoms with Gasteiger partial charge in [-0.3, -0.25) is 0 Å². The quantitative estimate of drug-likeness (QED) is 0.781. The number of nitrogens with one attached hydrogen (secondary N) is 2. The van der Waals surface area contributed by atoms with Crippen molar-refractivity contribution in [1.29, 1.82) is 0 Å². The average Bonchev–Trinajstić information content (AvgIpc) is 2.44. The van der Waals surface area contributed by atoms with E-state index in [-0.39, 0.29) is 12.6 Å². The van der Waals surface area contributed by atoms with E-state index in [4.69, 9.17) is 4.74 Å². The minimum Gasteiger partial charge on any atom is -0.388 e. The van der Waals surface area contributed by atoms with Crippen molar-refractivity contribution >= 4 is 22.0 Å². The Kier molecular flexibility index (Phi) is 5.39. The molecule has 1 aromatic carbocycles. The van der Waals surface area contributed by atoms with Crippen molar-refractivity contribution in [1.82, 2.24) is 10.6 Å². The van der Waals surface area contributed by atoms with E-state index >= 15 is 0 Å². The molecule has 1 saturated heterocycles. The van der Waals surface area contributed by atoms with Gasteiger partial charge in [-0.05, 0) is 17.7 Å². The lowest BCUT2D eigenvalue weighted by molar-refractivity contribution is -0.0600. The molecule has 0 bridgehead atoms. The van der Waals surface area contributed by atoms with Gasteiger partial charge >= 0.3 is 6.03 Å². The normalized spacial score (nSPS) is 17.5. The zero-order valence-corrected chi connectivity index (χ0v) is 12.8. The zero-order valence-electron chi connectivity index (χ0n) is 11.2. The SMILES string of the molecule is O=C(NCc1cccc(Br)c1)NCC1(O)CCOCC1. The molecule has 2 amide bonds. The monoisotopic (exact) mass is 342 g/mol. The van der Waals surface area contributed by atoms with Crippen molar-refractivity contribution < 1.29 is 14.6 Å². The molecule has 0 atom stereocenters. The van der Waals surface area contributed by atoms with Crippen LogP contribution in [0, 0.1) is 0 Å². The lowest BCUT2D eigenvalue weighted by Gasteiger charge is -2.32. The number of carbonyl (C=O) groups excluding carboxylic acids is 1. The van der Waals surface area contributed by atoms with E-state index < -0.39 is 5.60 Å². The third-order valence-corrected chi connectivity index (χ3v) is 3.84. The maximum absolute atomic E-state index is 11.7. The number of urea groups is 1. The minimum absolute atomic E-state index is 0.251. The fourth-order valence-corrected chi connectivity index (χ4v) is 2.51. The van der Waals surface area contributed by atoms with Crippen molar-refractivity contribution in [3.8, 4) is 0 Å². The van der Waals surface area contributed by atoms with Crippen LogP contribution >= 0.6 is 15.9 Å². The number of benzene rings is 1. The van der Waals surface area contributed by atoms with Crippen molar-refractivity contribution in [2.45, 2.75) is 25.0 Å². The van der Waals surface area contributed by atoms with Gasteiger partial charge in [0, 0.05) is 43.6 Å². The summed E-state index contributed by atoms with van der Waals surface area (Å²) in [6, 6.07) is 7.47. The van der Waals surface area contributed by atoms with Crippen molar-refractivity contribution in [2.24, 2.45) is 0 Å². The molecule has 2 rings (SSSR count). The highest BCUT2D eigenvalue weighted by molar-refractivity contribution is 9.10. The van der Waals surface area contributed by atoms with Crippen LogP contribution in [0.1, 0.15) is 18.4 Å². The lowest BCUT2D eigenvalue weighted by Crippen LogP contribution is -2.48. The average molecular weight is 343 g/mol. The first kappa shape index (κ1) is 15.3. The summed E-state index contributed by atoms with van der Waals surface area (Å²) in [5.41, 5.74) is 0.171. The molecule has 6 heteroatoms. The van der Waals surface area contributed by atoms with Gasteiger partial charge in [-0.1, -0.05) is 28.1 Å². The first-order chi connectivity index (χ1) is 9.57. The van der Waals surface area contributed by atoms with E-state index in [9.17, 15) is 9.90 Å². The highest BCUT2D eigenvalue weighted by atomic mass is 79.9. The van der Waals surface area contributed by atoms with Crippen LogP contribution in [0.15, 0.2) is 28.7 Å². The summed E-state index contributed by atoms with van der Waals surface area (Å²) in [5.74, 6) is 0. The smallest absolute Gasteiger partial charge is 0.315 e. The van der Waals surface area contributed by atoms with Gasteiger partial charge in [-0.2, -0.15) is 0 Å². The number of ether oxygens (including phenoxy) is 1. The van der Waals surface area contributed by atoms with E-state index in [2.05, 4.69) is 26.6 Å². The molecule has 0 radical (unpaired) electrons. The maximum atomic E-state index is 11.7. The molecule has 0 aliphatic carbocycles. The summed E-state index contributed by atoms with van der Waals surface area (Å²) < 4.78 is 6.18. The van der Waals surface area contributed by atoms with Crippen molar-refractivity contribution in [2.75, 3.05) is 19.8 Å². The number of rotatable bonds is 4. The maximum Gasteiger partial charge on any atom is 0.315 e. The fraction of sp³-hybridized carbons (Fsp3) is 0.500. The van der Waals surface area contributed by atoms with Gasteiger partial charge in [-0.15, -0.1) is 0 Å². The van der Waals surface area contributed by atoms with E-state index in [0.29, 0.717) is 32.6 Å². The molecule has 0 aromatic heterocycles. The van der Waals surface area contributed by atoms with Gasteiger partial charge in [-0.25, -0.2) is 4.79 Å². The molecule has 1 fully saturated rings. The van der Waals surface area contributed by atoms with Gasteiger partial charge in [0.05, 0.1) is 5.60 Å². The topological polar surface area (TPSA) is 70.6 Å². The van der Waals surface area contributed by atoms with E-state index in [1.165, 1.54) is 0 Å². The molecule has 1 aliphatic heterocycles. The second-order valence-electron chi connectivity index (χ2n) is 5.00. The third-order valence-electron chi connectivity index (χ3n) is 3.34. The number of aliphatic hydroxyl groups is 1. The number of hydrogen-bond donors (Lipinski definition) is 3. The molecule has 5 nitrogen and oxygen atoms in total. The summed E-state index contributed by atoms with van der Waals surface area (Å²) in [6.45, 7) is 1.78. The summed E-state index contributed by atoms with van der Waals surface area (Å²) >= 11 is 3.39. The minimum atomic E-state index is -0.842. The van der Waals surface area contributed by atoms with E-state index in [0.717, 1.165) is 10.0 Å². The van der Waals surface area contributed by atoms with Gasteiger partial charge in [0.2, 0.25) is 0 Å². The Morgan fingerprint density at radius 1 is 1.35 bits per heavy atom. The molecule has 0 saturated carbocycles. The summed E-state index contributed by atoms with van der Waals surface area (Å²) in [4.78, 5) is 11.7. The van der Waals surface area contributed by atoms with Crippen molar-refractivity contribution in [3.05, 3.63) is 34.3 Å². The molecule has 0 spiro atoms. The Morgan fingerprint density at radius 3 is 2.80 bits per heavy atom. The predicted octanol–water partition coefficient (Wildman–Crippen LogP) is 1.79. The summed E-state index contributed by atoms with van der Waals surface area (Å²) in [5, 5.41) is 15.7. The van der Waals surface area contributed by atoms with Gasteiger partial charge in [0.15, 0.2) is 0 Å². The number of amides is 2. The van der Waals surface area contributed by atoms with Crippen LogP contribution < -0.4 is 10.6 Å². The molecule has 110 valence electrons. The Balaban J connectivity index is 1.72. The fourth-order valence-electron chi connectivity index (χ4n) is 2.06. The molecule has 20 heavy (non-hydrogen) atoms. The predicted molar refractivity (Wildman–Crippen MR) is 79.4 cm³/mol. The van der Waals surface area contributed by atoms with Crippen LogP contribution in [-0.4, -0.2) is 36.5 Å². The molecular formula is C14H19BrN2O3. The lowest BCUT2D eigenvalue weighted by atomic mass is 9.94. The van der Waals surface area contributed by atoms with Gasteiger partial charge < -0.3 is 20.5 Å². The van der Waals surface area contributed by atoms with Crippen LogP contribution in [0.2, 0.25) is 0 Å². The Hall–Kier alpha value is -1.11. The Labute approximate surface area is 126 Å². The van der Waals surface area contributed by atoms with Crippen LogP contribution in [0.25, 0.3) is 0 Å². The summed E-state index contributed by atoms with van der Waals surface area (Å²) in [6.07, 6.45) is 1.11. The summed E-state index contributed by atoms with van der Waals surface area (Å²) in [7, 11) is 0. The molecule has 0 unspecified atom stereocenters. The Morgan fingerprint density at radius 2 is 2.10 bits per heavy atom. The second kappa shape index (κ2) is 7.06. The first-order valence-electron chi connectivity index (χ1n) is 6.64. The number of carbonyl (C=O) groups is 1. The highest BCUT2D eigenvalue weighted by Crippen LogP contribution is 2.19. The number of halogens is 1. The third kappa shape index (κ3) is 4.77. The first-order valence-corrected chi connectivity index (χ1v) is 7.43. The second-order valence-corrected chi connectivity index (χ2v) is 5.92. The zero-order chi connectivity index (χ0) is 14.4. The standard InChI is InChI=1S/C14H19BrN2O3/c15-12-3-1-2-11(8-12)9-16-13(18)17-10-14(19)4-6-20-7-5-14/h1-3,8,19H,4-7,9-10H2,(H2,16,17,18). The molecule has 1 aromatic rings. The van der Waals surface area contributed by atoms with Gasteiger partial charge in [0.25, 0.3) is 0 Å². The van der Waals surface area contributed by atoms with Crippen molar-refractivity contribution in [3.63, 3.8) is 0 Å².